The minimum Gasteiger partial charge on any atom is -0.380 e. The Kier molecular flexibility index (Phi) is 6.00. The van der Waals surface area contributed by atoms with Crippen molar-refractivity contribution in [3.63, 3.8) is 0 Å². The maximum atomic E-state index is 5.48. The molecule has 0 aromatic carbocycles. The highest BCUT2D eigenvalue weighted by Crippen LogP contribution is 2.18. The van der Waals surface area contributed by atoms with Gasteiger partial charge in [0.15, 0.2) is 0 Å². The highest BCUT2D eigenvalue weighted by Gasteiger charge is 2.22. The van der Waals surface area contributed by atoms with Crippen molar-refractivity contribution in [2.45, 2.75) is 32.2 Å². The smallest absolute Gasteiger partial charge is 0.0593 e. The molecule has 1 heterocycles. The lowest BCUT2D eigenvalue weighted by molar-refractivity contribution is 0.103. The number of hydrogen-bond donors (Lipinski definition) is 0. The monoisotopic (exact) mass is 249 g/mol. The first-order valence-electron chi connectivity index (χ1n) is 5.26. The topological polar surface area (TPSA) is 12.5 Å². The van der Waals surface area contributed by atoms with Crippen LogP contribution in [0.2, 0.25) is 0 Å². The predicted octanol–water partition coefficient (Wildman–Crippen LogP) is 2.27. The Morgan fingerprint density at radius 1 is 1.46 bits per heavy atom. The molecule has 78 valence electrons. The van der Waals surface area contributed by atoms with Gasteiger partial charge in [0.25, 0.3) is 0 Å². The quantitative estimate of drug-likeness (QED) is 0.529. The van der Waals surface area contributed by atoms with Gasteiger partial charge in [0.05, 0.1) is 6.61 Å². The fourth-order valence-corrected chi connectivity index (χ4v) is 2.53. The Morgan fingerprint density at radius 3 is 3.00 bits per heavy atom. The molecule has 0 spiro atoms. The van der Waals surface area contributed by atoms with Crippen LogP contribution in [0.1, 0.15) is 26.2 Å². The van der Waals surface area contributed by atoms with Crippen molar-refractivity contribution in [1.82, 2.24) is 4.90 Å². The van der Waals surface area contributed by atoms with E-state index >= 15 is 0 Å². The zero-order chi connectivity index (χ0) is 9.52. The van der Waals surface area contributed by atoms with Crippen LogP contribution < -0.4 is 0 Å². The van der Waals surface area contributed by atoms with Crippen LogP contribution in [0.15, 0.2) is 0 Å². The van der Waals surface area contributed by atoms with Crippen LogP contribution in [0.25, 0.3) is 0 Å². The Bertz CT molecular complexity index is 132. The third-order valence-corrected chi connectivity index (χ3v) is 3.30. The van der Waals surface area contributed by atoms with E-state index in [0.717, 1.165) is 37.6 Å². The maximum absolute atomic E-state index is 5.48. The molecule has 1 unspecified atom stereocenters. The average molecular weight is 250 g/mol. The fourth-order valence-electron chi connectivity index (χ4n) is 1.79. The minimum absolute atomic E-state index is 0.755. The van der Waals surface area contributed by atoms with E-state index in [-0.39, 0.29) is 0 Å². The van der Waals surface area contributed by atoms with E-state index < -0.39 is 0 Å². The van der Waals surface area contributed by atoms with E-state index in [4.69, 9.17) is 4.74 Å². The van der Waals surface area contributed by atoms with Crippen LogP contribution >= 0.6 is 15.9 Å². The van der Waals surface area contributed by atoms with Gasteiger partial charge in [0.2, 0.25) is 0 Å². The first kappa shape index (κ1) is 11.5. The minimum atomic E-state index is 0.755. The SMILES string of the molecule is CCCOCCN1CCCC1CBr. The maximum Gasteiger partial charge on any atom is 0.0593 e. The summed E-state index contributed by atoms with van der Waals surface area (Å²) in [5.41, 5.74) is 0. The molecule has 0 radical (unpaired) electrons. The molecule has 0 aromatic rings. The highest BCUT2D eigenvalue weighted by atomic mass is 79.9. The van der Waals surface area contributed by atoms with Gasteiger partial charge in [-0.1, -0.05) is 22.9 Å². The largest absolute Gasteiger partial charge is 0.380 e. The van der Waals surface area contributed by atoms with Gasteiger partial charge in [-0.3, -0.25) is 4.90 Å². The fraction of sp³-hybridized carbons (Fsp3) is 1.00. The molecule has 0 saturated carbocycles. The molecule has 1 rings (SSSR count). The molecule has 1 saturated heterocycles. The third kappa shape index (κ3) is 3.96. The number of ether oxygens (including phenoxy) is 1. The van der Waals surface area contributed by atoms with Gasteiger partial charge in [-0.05, 0) is 25.8 Å². The normalized spacial score (nSPS) is 24.0. The number of nitrogens with zero attached hydrogens (tertiary/aromatic N) is 1. The van der Waals surface area contributed by atoms with Crippen molar-refractivity contribution in [2.24, 2.45) is 0 Å². The lowest BCUT2D eigenvalue weighted by atomic mass is 10.2. The van der Waals surface area contributed by atoms with Crippen molar-refractivity contribution >= 4 is 15.9 Å². The zero-order valence-corrected chi connectivity index (χ0v) is 10.1. The van der Waals surface area contributed by atoms with E-state index in [1.165, 1.54) is 19.4 Å². The Balaban J connectivity index is 2.06. The number of likely N-dealkylation sites (tertiary alicyclic amines) is 1. The Labute approximate surface area is 89.8 Å². The van der Waals surface area contributed by atoms with Gasteiger partial charge in [0.1, 0.15) is 0 Å². The number of halogens is 1. The number of hydrogen-bond acceptors (Lipinski definition) is 2. The lowest BCUT2D eigenvalue weighted by Crippen LogP contribution is -2.33. The van der Waals surface area contributed by atoms with Crippen molar-refractivity contribution in [3.8, 4) is 0 Å². The summed E-state index contributed by atoms with van der Waals surface area (Å²) in [4.78, 5) is 2.53. The Morgan fingerprint density at radius 2 is 2.31 bits per heavy atom. The molecule has 1 fully saturated rings. The summed E-state index contributed by atoms with van der Waals surface area (Å²) in [5, 5.41) is 1.11. The molecule has 1 atom stereocenters. The summed E-state index contributed by atoms with van der Waals surface area (Å²) in [6, 6.07) is 0.755. The summed E-state index contributed by atoms with van der Waals surface area (Å²) in [6.07, 6.45) is 3.82. The summed E-state index contributed by atoms with van der Waals surface area (Å²) in [6.45, 7) is 6.32. The van der Waals surface area contributed by atoms with Gasteiger partial charge in [-0.15, -0.1) is 0 Å². The molecular formula is C10H20BrNO. The first-order chi connectivity index (χ1) is 6.38. The second-order valence-electron chi connectivity index (χ2n) is 3.60. The number of alkyl halides is 1. The summed E-state index contributed by atoms with van der Waals surface area (Å²) in [7, 11) is 0. The molecule has 0 bridgehead atoms. The van der Waals surface area contributed by atoms with Crippen LogP contribution in [0, 0.1) is 0 Å². The first-order valence-corrected chi connectivity index (χ1v) is 6.38. The van der Waals surface area contributed by atoms with Crippen LogP contribution in [0.5, 0.6) is 0 Å². The highest BCUT2D eigenvalue weighted by molar-refractivity contribution is 9.09. The lowest BCUT2D eigenvalue weighted by Gasteiger charge is -2.22. The van der Waals surface area contributed by atoms with Crippen LogP contribution in [0.4, 0.5) is 0 Å². The molecule has 0 aliphatic carbocycles. The van der Waals surface area contributed by atoms with E-state index in [1.807, 2.05) is 0 Å². The van der Waals surface area contributed by atoms with Gasteiger partial charge < -0.3 is 4.74 Å². The van der Waals surface area contributed by atoms with E-state index in [1.54, 1.807) is 0 Å². The molecule has 13 heavy (non-hydrogen) atoms. The van der Waals surface area contributed by atoms with Gasteiger partial charge in [0, 0.05) is 24.5 Å². The van der Waals surface area contributed by atoms with Gasteiger partial charge in [-0.25, -0.2) is 0 Å². The predicted molar refractivity (Wildman–Crippen MR) is 59.5 cm³/mol. The molecule has 0 N–H and O–H groups in total. The zero-order valence-electron chi connectivity index (χ0n) is 8.47. The second kappa shape index (κ2) is 6.80. The molecule has 1 aliphatic heterocycles. The van der Waals surface area contributed by atoms with E-state index in [0.29, 0.717) is 0 Å². The summed E-state index contributed by atoms with van der Waals surface area (Å²) in [5.74, 6) is 0. The Hall–Kier alpha value is 0.400. The molecule has 1 aliphatic rings. The third-order valence-electron chi connectivity index (χ3n) is 2.55. The standard InChI is InChI=1S/C10H20BrNO/c1-2-7-13-8-6-12-5-3-4-10(12)9-11/h10H,2-9H2,1H3. The van der Waals surface area contributed by atoms with Crippen molar-refractivity contribution < 1.29 is 4.74 Å². The second-order valence-corrected chi connectivity index (χ2v) is 4.25. The van der Waals surface area contributed by atoms with Crippen molar-refractivity contribution in [1.29, 1.82) is 0 Å². The average Bonchev–Trinajstić information content (AvgIpc) is 2.60. The van der Waals surface area contributed by atoms with Crippen molar-refractivity contribution in [3.05, 3.63) is 0 Å². The van der Waals surface area contributed by atoms with Crippen LogP contribution in [0.3, 0.4) is 0 Å². The van der Waals surface area contributed by atoms with Crippen LogP contribution in [-0.4, -0.2) is 42.6 Å². The summed E-state index contributed by atoms with van der Waals surface area (Å²) >= 11 is 3.56. The van der Waals surface area contributed by atoms with Crippen LogP contribution in [-0.2, 0) is 4.74 Å². The molecule has 3 heteroatoms. The van der Waals surface area contributed by atoms with Gasteiger partial charge >= 0.3 is 0 Å². The summed E-state index contributed by atoms with van der Waals surface area (Å²) < 4.78 is 5.48. The molecule has 2 nitrogen and oxygen atoms in total. The van der Waals surface area contributed by atoms with E-state index in [2.05, 4.69) is 27.8 Å². The number of rotatable bonds is 6. The molecule has 0 aromatic heterocycles. The van der Waals surface area contributed by atoms with Crippen molar-refractivity contribution in [2.75, 3.05) is 31.6 Å². The molecular weight excluding hydrogens is 230 g/mol. The molecule has 0 amide bonds. The van der Waals surface area contributed by atoms with Gasteiger partial charge in [-0.2, -0.15) is 0 Å². The van der Waals surface area contributed by atoms with E-state index in [9.17, 15) is 0 Å².